The van der Waals surface area contributed by atoms with Gasteiger partial charge in [0.15, 0.2) is 0 Å². The number of aromatic nitrogens is 2. The van der Waals surface area contributed by atoms with E-state index in [-0.39, 0.29) is 5.82 Å². The third-order valence-electron chi connectivity index (χ3n) is 2.94. The summed E-state index contributed by atoms with van der Waals surface area (Å²) in [5.41, 5.74) is 0.949. The molecule has 0 aliphatic carbocycles. The zero-order chi connectivity index (χ0) is 15.6. The van der Waals surface area contributed by atoms with Gasteiger partial charge in [0, 0.05) is 24.5 Å². The smallest absolute Gasteiger partial charge is 0.411 e. The van der Waals surface area contributed by atoms with E-state index in [0.29, 0.717) is 28.8 Å². The molecule has 1 aromatic heterocycles. The Morgan fingerprint density at radius 1 is 1.29 bits per heavy atom. The van der Waals surface area contributed by atoms with Crippen LogP contribution in [0.15, 0.2) is 18.2 Å². The minimum atomic E-state index is -1.24. The fourth-order valence-electron chi connectivity index (χ4n) is 1.84. The van der Waals surface area contributed by atoms with Crippen LogP contribution >= 0.6 is 0 Å². The molecule has 8 heteroatoms. The molecule has 2 amide bonds. The number of rotatable bonds is 3. The molecule has 0 saturated carbocycles. The molecule has 0 aliphatic heterocycles. The van der Waals surface area contributed by atoms with Gasteiger partial charge in [0.2, 0.25) is 0 Å². The molecule has 0 bridgehead atoms. The number of hydrogen-bond acceptors (Lipinski definition) is 4. The highest BCUT2D eigenvalue weighted by molar-refractivity contribution is 5.99. The van der Waals surface area contributed by atoms with Crippen molar-refractivity contribution in [1.82, 2.24) is 9.97 Å². The molecule has 0 spiro atoms. The number of nitrogens with zero attached hydrogens (tertiary/aromatic N) is 3. The third-order valence-corrected chi connectivity index (χ3v) is 2.94. The Balaban J connectivity index is 2.63. The maximum absolute atomic E-state index is 11.0. The molecular formula is C13H14N4O4. The summed E-state index contributed by atoms with van der Waals surface area (Å²) in [6.45, 7) is 1.86. The first-order valence-electron chi connectivity index (χ1n) is 6.19. The predicted molar refractivity (Wildman–Crippen MR) is 77.0 cm³/mol. The number of fused-ring (bicyclic) bond motifs is 1. The zero-order valence-electron chi connectivity index (χ0n) is 11.5. The standard InChI is InChI=1S/C13H14N4O4/c1-3-10-14-9-5-4-7(17(2)13(20)21)6-8(9)11(15-10)16-12(18)19/h4-6H,3H2,1-2H3,(H,18,19)(H,20,21)(H,14,15,16). The van der Waals surface area contributed by atoms with Crippen molar-refractivity contribution < 1.29 is 19.8 Å². The van der Waals surface area contributed by atoms with E-state index in [4.69, 9.17) is 10.2 Å². The van der Waals surface area contributed by atoms with Crippen LogP contribution in [0.4, 0.5) is 21.1 Å². The second-order valence-electron chi connectivity index (χ2n) is 4.32. The van der Waals surface area contributed by atoms with Crippen LogP contribution in [0.1, 0.15) is 12.7 Å². The molecule has 0 fully saturated rings. The summed E-state index contributed by atoms with van der Waals surface area (Å²) in [5.74, 6) is 0.649. The van der Waals surface area contributed by atoms with Gasteiger partial charge in [-0.05, 0) is 18.2 Å². The van der Waals surface area contributed by atoms with Gasteiger partial charge in [-0.15, -0.1) is 0 Å². The van der Waals surface area contributed by atoms with Crippen LogP contribution in [0.3, 0.4) is 0 Å². The highest BCUT2D eigenvalue weighted by Crippen LogP contribution is 2.26. The second kappa shape index (κ2) is 5.61. The monoisotopic (exact) mass is 290 g/mol. The molecule has 2 aromatic rings. The number of aryl methyl sites for hydroxylation is 1. The van der Waals surface area contributed by atoms with Gasteiger partial charge in [-0.3, -0.25) is 10.2 Å². The van der Waals surface area contributed by atoms with Crippen LogP contribution in [0.5, 0.6) is 0 Å². The second-order valence-corrected chi connectivity index (χ2v) is 4.32. The van der Waals surface area contributed by atoms with Crippen molar-refractivity contribution in [3.63, 3.8) is 0 Å². The van der Waals surface area contributed by atoms with Gasteiger partial charge < -0.3 is 10.2 Å². The number of nitrogens with one attached hydrogen (secondary N) is 1. The van der Waals surface area contributed by atoms with Crippen molar-refractivity contribution in [2.45, 2.75) is 13.3 Å². The highest BCUT2D eigenvalue weighted by atomic mass is 16.4. The van der Waals surface area contributed by atoms with Crippen LogP contribution in [-0.4, -0.2) is 39.4 Å². The number of anilines is 2. The summed E-state index contributed by atoms with van der Waals surface area (Å²) in [6.07, 6.45) is -1.80. The molecule has 1 heterocycles. The summed E-state index contributed by atoms with van der Waals surface area (Å²) >= 11 is 0. The summed E-state index contributed by atoms with van der Waals surface area (Å²) in [4.78, 5) is 31.3. The summed E-state index contributed by atoms with van der Waals surface area (Å²) < 4.78 is 0. The molecule has 2 rings (SSSR count). The van der Waals surface area contributed by atoms with Gasteiger partial charge in [-0.1, -0.05) is 6.92 Å². The molecule has 0 radical (unpaired) electrons. The molecule has 0 atom stereocenters. The Hall–Kier alpha value is -2.90. The lowest BCUT2D eigenvalue weighted by Crippen LogP contribution is -2.23. The van der Waals surface area contributed by atoms with E-state index in [1.54, 1.807) is 12.1 Å². The number of benzene rings is 1. The Bertz CT molecular complexity index is 717. The molecular weight excluding hydrogens is 276 g/mol. The molecule has 8 nitrogen and oxygen atoms in total. The van der Waals surface area contributed by atoms with Crippen molar-refractivity contribution in [1.29, 1.82) is 0 Å². The Morgan fingerprint density at radius 2 is 2.00 bits per heavy atom. The summed E-state index contributed by atoms with van der Waals surface area (Å²) in [5, 5.41) is 20.5. The van der Waals surface area contributed by atoms with Crippen molar-refractivity contribution in [2.24, 2.45) is 0 Å². The largest absolute Gasteiger partial charge is 0.465 e. The molecule has 0 aliphatic rings. The van der Waals surface area contributed by atoms with Crippen molar-refractivity contribution >= 4 is 34.6 Å². The van der Waals surface area contributed by atoms with Gasteiger partial charge in [0.05, 0.1) is 5.52 Å². The minimum absolute atomic E-state index is 0.144. The quantitative estimate of drug-likeness (QED) is 0.799. The number of hydrogen-bond donors (Lipinski definition) is 3. The van der Waals surface area contributed by atoms with Crippen molar-refractivity contribution in [3.8, 4) is 0 Å². The SMILES string of the molecule is CCc1nc(NC(=O)O)c2cc(N(C)C(=O)O)ccc2n1. The van der Waals surface area contributed by atoms with E-state index < -0.39 is 12.2 Å². The van der Waals surface area contributed by atoms with Crippen LogP contribution in [0.25, 0.3) is 10.9 Å². The maximum atomic E-state index is 11.0. The predicted octanol–water partition coefficient (Wildman–Crippen LogP) is 2.40. The number of carbonyl (C=O) groups is 2. The van der Waals surface area contributed by atoms with Crippen LogP contribution in [0.2, 0.25) is 0 Å². The average Bonchev–Trinajstić information content (AvgIpc) is 2.45. The highest BCUT2D eigenvalue weighted by Gasteiger charge is 2.13. The fourth-order valence-corrected chi connectivity index (χ4v) is 1.84. The molecule has 0 unspecified atom stereocenters. The van der Waals surface area contributed by atoms with Gasteiger partial charge >= 0.3 is 12.2 Å². The molecule has 1 aromatic carbocycles. The Kier molecular flexibility index (Phi) is 3.88. The lowest BCUT2D eigenvalue weighted by atomic mass is 10.2. The number of carboxylic acid groups (broad SMARTS) is 2. The van der Waals surface area contributed by atoms with Crippen LogP contribution in [0, 0.1) is 0 Å². The lowest BCUT2D eigenvalue weighted by molar-refractivity contribution is 0.203. The van der Waals surface area contributed by atoms with E-state index in [0.717, 1.165) is 4.90 Å². The van der Waals surface area contributed by atoms with Gasteiger partial charge in [-0.25, -0.2) is 19.6 Å². The summed E-state index contributed by atoms with van der Waals surface area (Å²) in [6, 6.07) is 4.78. The van der Waals surface area contributed by atoms with E-state index in [9.17, 15) is 9.59 Å². The third kappa shape index (κ3) is 2.99. The summed E-state index contributed by atoms with van der Waals surface area (Å²) in [7, 11) is 1.40. The first kappa shape index (κ1) is 14.5. The zero-order valence-corrected chi connectivity index (χ0v) is 11.5. The Labute approximate surface area is 120 Å². The van der Waals surface area contributed by atoms with E-state index in [2.05, 4.69) is 15.3 Å². The minimum Gasteiger partial charge on any atom is -0.465 e. The van der Waals surface area contributed by atoms with Gasteiger partial charge in [0.1, 0.15) is 11.6 Å². The topological polar surface area (TPSA) is 116 Å². The molecule has 3 N–H and O–H groups in total. The van der Waals surface area contributed by atoms with E-state index >= 15 is 0 Å². The first-order chi connectivity index (χ1) is 9.92. The van der Waals surface area contributed by atoms with Gasteiger partial charge in [-0.2, -0.15) is 0 Å². The maximum Gasteiger partial charge on any atom is 0.411 e. The molecule has 110 valence electrons. The molecule has 21 heavy (non-hydrogen) atoms. The Morgan fingerprint density at radius 3 is 2.57 bits per heavy atom. The van der Waals surface area contributed by atoms with Crippen molar-refractivity contribution in [2.75, 3.05) is 17.3 Å². The fraction of sp³-hybridized carbons (Fsp3) is 0.231. The normalized spacial score (nSPS) is 10.4. The van der Waals surface area contributed by atoms with Gasteiger partial charge in [0.25, 0.3) is 0 Å². The lowest BCUT2D eigenvalue weighted by Gasteiger charge is -2.14. The number of amides is 2. The van der Waals surface area contributed by atoms with E-state index in [1.807, 2.05) is 6.92 Å². The van der Waals surface area contributed by atoms with Crippen LogP contribution in [-0.2, 0) is 6.42 Å². The van der Waals surface area contributed by atoms with E-state index in [1.165, 1.54) is 13.1 Å². The molecule has 0 saturated heterocycles. The first-order valence-corrected chi connectivity index (χ1v) is 6.19. The van der Waals surface area contributed by atoms with Crippen LogP contribution < -0.4 is 10.2 Å². The van der Waals surface area contributed by atoms with Crippen molar-refractivity contribution in [3.05, 3.63) is 24.0 Å². The average molecular weight is 290 g/mol.